The van der Waals surface area contributed by atoms with Gasteiger partial charge in [-0.25, -0.2) is 9.37 Å². The fourth-order valence-corrected chi connectivity index (χ4v) is 9.97. The largest absolute Gasteiger partial charge is 0.495 e. The Morgan fingerprint density at radius 2 is 1.75 bits per heavy atom. The molecule has 2 aromatic carbocycles. The van der Waals surface area contributed by atoms with Gasteiger partial charge in [0.05, 0.1) is 31.2 Å². The molecule has 1 saturated carbocycles. The minimum Gasteiger partial charge on any atom is -0.495 e. The SMILES string of the molecule is COc1cc(C(=O)NC2CC3(CCN(CC4CCN(c5ccc(N(C)C6CCC(=O)NC6=O)cc5F)CC4)CC3)C2)ccc1Nc1ncc2c(n1)N(C(C)C)CC(F)(F)C(=O)N2C. The molecule has 3 N–H and O–H groups in total. The molecule has 1 atom stereocenters. The third-order valence-electron chi connectivity index (χ3n) is 13.8. The number of carbonyl (C=O) groups is 4. The molecule has 4 fully saturated rings. The number of hydrogen-bond donors (Lipinski definition) is 3. The molecule has 0 bridgehead atoms. The molecule has 63 heavy (non-hydrogen) atoms. The lowest BCUT2D eigenvalue weighted by Crippen LogP contribution is -2.55. The Labute approximate surface area is 365 Å². The summed E-state index contributed by atoms with van der Waals surface area (Å²) >= 11 is 0. The summed E-state index contributed by atoms with van der Waals surface area (Å²) in [4.78, 5) is 67.3. The van der Waals surface area contributed by atoms with E-state index >= 15 is 4.39 Å². The molecular formula is C45H57F3N10O5. The number of aromatic nitrogens is 2. The van der Waals surface area contributed by atoms with E-state index in [1.807, 2.05) is 6.07 Å². The van der Waals surface area contributed by atoms with Crippen molar-refractivity contribution in [1.29, 1.82) is 0 Å². The zero-order chi connectivity index (χ0) is 44.8. The number of piperidine rings is 3. The maximum Gasteiger partial charge on any atom is 0.342 e. The first kappa shape index (κ1) is 44.0. The van der Waals surface area contributed by atoms with Crippen LogP contribution in [0.15, 0.2) is 42.6 Å². The van der Waals surface area contributed by atoms with Crippen molar-refractivity contribution >= 4 is 58.1 Å². The molecule has 4 amide bonds. The number of nitrogens with zero attached hydrogens (tertiary/aromatic N) is 7. The molecule has 0 radical (unpaired) electrons. The third-order valence-corrected chi connectivity index (χ3v) is 13.8. The minimum atomic E-state index is -3.60. The van der Waals surface area contributed by atoms with Gasteiger partial charge in [-0.15, -0.1) is 0 Å². The van der Waals surface area contributed by atoms with Gasteiger partial charge in [0.25, 0.3) is 11.8 Å². The first-order valence-corrected chi connectivity index (χ1v) is 21.9. The van der Waals surface area contributed by atoms with Crippen LogP contribution in [0.2, 0.25) is 0 Å². The van der Waals surface area contributed by atoms with E-state index in [1.54, 1.807) is 50.1 Å². The van der Waals surface area contributed by atoms with Gasteiger partial charge in [0.1, 0.15) is 23.3 Å². The van der Waals surface area contributed by atoms with Gasteiger partial charge < -0.3 is 39.9 Å². The summed E-state index contributed by atoms with van der Waals surface area (Å²) in [5.74, 6) is -4.82. The average molecular weight is 875 g/mol. The number of carbonyl (C=O) groups excluding carboxylic acids is 4. The Balaban J connectivity index is 0.787. The fourth-order valence-electron chi connectivity index (χ4n) is 9.97. The van der Waals surface area contributed by atoms with E-state index in [4.69, 9.17) is 4.74 Å². The summed E-state index contributed by atoms with van der Waals surface area (Å²) in [7, 11) is 4.53. The predicted octanol–water partition coefficient (Wildman–Crippen LogP) is 5.33. The van der Waals surface area contributed by atoms with Crippen LogP contribution in [-0.4, -0.2) is 123 Å². The number of alkyl halides is 2. The number of imide groups is 1. The van der Waals surface area contributed by atoms with Crippen LogP contribution in [-0.2, 0) is 14.4 Å². The number of nitrogens with one attached hydrogen (secondary N) is 3. The average Bonchev–Trinajstić information content (AvgIpc) is 3.32. The molecule has 1 aromatic heterocycles. The molecule has 4 aliphatic heterocycles. The number of methoxy groups -OCH3 is 1. The normalized spacial score (nSPS) is 21.8. The van der Waals surface area contributed by atoms with E-state index in [0.29, 0.717) is 40.7 Å². The van der Waals surface area contributed by atoms with Crippen LogP contribution < -0.4 is 40.3 Å². The van der Waals surface area contributed by atoms with Gasteiger partial charge in [-0.1, -0.05) is 0 Å². The number of hydrogen-bond acceptors (Lipinski definition) is 12. The number of halogens is 3. The Hall–Kier alpha value is -5.65. The maximum atomic E-state index is 15.4. The molecule has 5 aliphatic rings. The Morgan fingerprint density at radius 1 is 1.02 bits per heavy atom. The lowest BCUT2D eigenvalue weighted by molar-refractivity contribution is -0.140. The fraction of sp³-hybridized carbons (Fsp3) is 0.556. The number of rotatable bonds is 11. The zero-order valence-corrected chi connectivity index (χ0v) is 36.6. The van der Waals surface area contributed by atoms with Gasteiger partial charge in [-0.05, 0) is 120 Å². The first-order valence-electron chi connectivity index (χ1n) is 21.9. The Morgan fingerprint density at radius 3 is 2.41 bits per heavy atom. The number of benzene rings is 2. The number of ether oxygens (including phenoxy) is 1. The molecule has 3 aromatic rings. The smallest absolute Gasteiger partial charge is 0.342 e. The third kappa shape index (κ3) is 9.09. The molecule has 8 rings (SSSR count). The number of anilines is 6. The summed E-state index contributed by atoms with van der Waals surface area (Å²) in [5, 5.41) is 8.67. The number of likely N-dealkylation sites (N-methyl/N-ethyl adjacent to an activating group) is 1. The second kappa shape index (κ2) is 17.5. The van der Waals surface area contributed by atoms with Gasteiger partial charge in [0, 0.05) is 63.5 Å². The summed E-state index contributed by atoms with van der Waals surface area (Å²) in [5.41, 5.74) is 2.50. The van der Waals surface area contributed by atoms with E-state index in [1.165, 1.54) is 31.3 Å². The zero-order valence-electron chi connectivity index (χ0n) is 36.6. The first-order chi connectivity index (χ1) is 30.0. The van der Waals surface area contributed by atoms with Crippen molar-refractivity contribution in [2.45, 2.75) is 89.3 Å². The molecule has 18 heteroatoms. The Kier molecular flexibility index (Phi) is 12.2. The lowest BCUT2D eigenvalue weighted by Gasteiger charge is -2.52. The van der Waals surface area contributed by atoms with Crippen LogP contribution in [0.4, 0.5) is 47.7 Å². The molecule has 15 nitrogen and oxygen atoms in total. The van der Waals surface area contributed by atoms with Gasteiger partial charge in [-0.2, -0.15) is 13.8 Å². The van der Waals surface area contributed by atoms with Gasteiger partial charge >= 0.3 is 5.92 Å². The maximum absolute atomic E-state index is 15.4. The molecule has 338 valence electrons. The summed E-state index contributed by atoms with van der Waals surface area (Å²) < 4.78 is 50.6. The number of amides is 4. The van der Waals surface area contributed by atoms with E-state index in [-0.39, 0.29) is 64.9 Å². The quantitative estimate of drug-likeness (QED) is 0.214. The second-order valence-corrected chi connectivity index (χ2v) is 18.3. The molecular weight excluding hydrogens is 818 g/mol. The second-order valence-electron chi connectivity index (χ2n) is 18.3. The summed E-state index contributed by atoms with van der Waals surface area (Å²) in [6, 6.07) is 9.35. The standard InChI is InChI=1S/C45H57F3N10O5/c1-27(2)58-26-45(47,48)42(62)55(4)36-24-49-43(53-39(36)58)51-33-8-6-29(20-37(33)63-5)40(60)50-30-22-44(23-30)14-18-56(19-15-44)25-28-12-16-57(17-13-28)34-9-7-31(21-32(34)46)54(3)35-10-11-38(59)52-41(35)61/h6-9,20-21,24,27-28,30,35H,10-19,22-23,25-26H2,1-5H3,(H,50,60)(H,49,51,53)(H,52,59,61). The van der Waals surface area contributed by atoms with Crippen molar-refractivity contribution in [3.05, 3.63) is 54.0 Å². The van der Waals surface area contributed by atoms with Crippen LogP contribution in [0.5, 0.6) is 5.75 Å². The molecule has 1 unspecified atom stereocenters. The van der Waals surface area contributed by atoms with Crippen molar-refractivity contribution in [1.82, 2.24) is 25.5 Å². The topological polar surface area (TPSA) is 156 Å². The molecule has 5 heterocycles. The molecule has 1 aliphatic carbocycles. The van der Waals surface area contributed by atoms with Gasteiger partial charge in [-0.3, -0.25) is 24.5 Å². The highest BCUT2D eigenvalue weighted by atomic mass is 19.3. The van der Waals surface area contributed by atoms with Crippen molar-refractivity contribution in [2.24, 2.45) is 11.3 Å². The minimum absolute atomic E-state index is 0.0822. The van der Waals surface area contributed by atoms with Crippen LogP contribution >= 0.6 is 0 Å². The predicted molar refractivity (Wildman–Crippen MR) is 234 cm³/mol. The monoisotopic (exact) mass is 874 g/mol. The van der Waals surface area contributed by atoms with E-state index < -0.39 is 24.4 Å². The van der Waals surface area contributed by atoms with E-state index in [0.717, 1.165) is 76.1 Å². The summed E-state index contributed by atoms with van der Waals surface area (Å²) in [6.07, 6.45) is 8.03. The molecule has 3 saturated heterocycles. The van der Waals surface area contributed by atoms with E-state index in [9.17, 15) is 28.0 Å². The van der Waals surface area contributed by atoms with Crippen molar-refractivity contribution < 1.29 is 37.1 Å². The van der Waals surface area contributed by atoms with Crippen LogP contribution in [0.25, 0.3) is 0 Å². The highest BCUT2D eigenvalue weighted by molar-refractivity contribution is 6.02. The van der Waals surface area contributed by atoms with Crippen molar-refractivity contribution in [3.63, 3.8) is 0 Å². The van der Waals surface area contributed by atoms with Gasteiger partial charge in [0.2, 0.25) is 17.8 Å². The van der Waals surface area contributed by atoms with E-state index in [2.05, 4.69) is 35.7 Å². The molecule has 1 spiro atoms. The highest BCUT2D eigenvalue weighted by Gasteiger charge is 2.48. The van der Waals surface area contributed by atoms with Gasteiger partial charge in [0.15, 0.2) is 5.82 Å². The van der Waals surface area contributed by atoms with Crippen molar-refractivity contribution in [2.75, 3.05) is 85.4 Å². The summed E-state index contributed by atoms with van der Waals surface area (Å²) in [6.45, 7) is 7.32. The number of fused-ring (bicyclic) bond motifs is 1. The van der Waals surface area contributed by atoms with Crippen LogP contribution in [0, 0.1) is 17.2 Å². The highest BCUT2D eigenvalue weighted by Crippen LogP contribution is 2.49. The van der Waals surface area contributed by atoms with Crippen LogP contribution in [0.1, 0.15) is 75.6 Å². The number of likely N-dealkylation sites (tertiary alicyclic amines) is 1. The van der Waals surface area contributed by atoms with Crippen LogP contribution in [0.3, 0.4) is 0 Å². The Bertz CT molecular complexity index is 2240. The lowest BCUT2D eigenvalue weighted by atomic mass is 9.60. The van der Waals surface area contributed by atoms with Crippen molar-refractivity contribution in [3.8, 4) is 5.75 Å².